The van der Waals surface area contributed by atoms with E-state index in [2.05, 4.69) is 32.1 Å². The van der Waals surface area contributed by atoms with Crippen LogP contribution in [-0.2, 0) is 4.74 Å². The lowest BCUT2D eigenvalue weighted by Gasteiger charge is -2.06. The lowest BCUT2D eigenvalue weighted by molar-refractivity contribution is 0.196. The van der Waals surface area contributed by atoms with Crippen LogP contribution in [0, 0.1) is 6.08 Å². The molecule has 75 valence electrons. The van der Waals surface area contributed by atoms with Gasteiger partial charge in [0.1, 0.15) is 11.9 Å². The fraction of sp³-hybridized carbons (Fsp3) is 0.538. The molecule has 0 aromatic rings. The summed E-state index contributed by atoms with van der Waals surface area (Å²) in [7, 11) is 0. The summed E-state index contributed by atoms with van der Waals surface area (Å²) in [5.41, 5.74) is 2.71. The lowest BCUT2D eigenvalue weighted by Crippen LogP contribution is -2.01. The average molecular weight is 189 g/mol. The quantitative estimate of drug-likeness (QED) is 0.657. The van der Waals surface area contributed by atoms with Gasteiger partial charge in [-0.25, -0.2) is 0 Å². The highest BCUT2D eigenvalue weighted by atomic mass is 16.5. The van der Waals surface area contributed by atoms with Gasteiger partial charge in [-0.3, -0.25) is 0 Å². The molecule has 1 heterocycles. The third-order valence-electron chi connectivity index (χ3n) is 2.64. The Labute approximate surface area is 86.2 Å². The van der Waals surface area contributed by atoms with Gasteiger partial charge < -0.3 is 4.74 Å². The average Bonchev–Trinajstić information content (AvgIpc) is 2.69. The normalized spacial score (nSPS) is 23.9. The molecule has 1 unspecified atom stereocenters. The van der Waals surface area contributed by atoms with Gasteiger partial charge in [0, 0.05) is 18.1 Å². The van der Waals surface area contributed by atoms with E-state index >= 15 is 0 Å². The predicted octanol–water partition coefficient (Wildman–Crippen LogP) is 3.54. The van der Waals surface area contributed by atoms with Crippen LogP contribution in [0.15, 0.2) is 29.1 Å². The van der Waals surface area contributed by atoms with E-state index in [1.54, 1.807) is 0 Å². The Morgan fingerprint density at radius 2 is 2.07 bits per heavy atom. The Hall–Kier alpha value is -0.980. The smallest absolute Gasteiger partial charge is 0.143 e. The zero-order valence-electron chi connectivity index (χ0n) is 8.97. The van der Waals surface area contributed by atoms with Crippen molar-refractivity contribution in [1.82, 2.24) is 0 Å². The molecular weight excluding hydrogens is 172 g/mol. The molecule has 0 amide bonds. The largest absolute Gasteiger partial charge is 0.485 e. The molecule has 2 rings (SSSR count). The topological polar surface area (TPSA) is 9.23 Å². The summed E-state index contributed by atoms with van der Waals surface area (Å²) >= 11 is 0. The molecular formula is C13H17O. The van der Waals surface area contributed by atoms with Crippen LogP contribution in [-0.4, -0.2) is 6.10 Å². The first-order valence-electron chi connectivity index (χ1n) is 5.56. The molecule has 14 heavy (non-hydrogen) atoms. The van der Waals surface area contributed by atoms with Crippen molar-refractivity contribution in [3.05, 3.63) is 35.1 Å². The summed E-state index contributed by atoms with van der Waals surface area (Å²) in [5.74, 6) is 1.05. The molecule has 0 saturated heterocycles. The van der Waals surface area contributed by atoms with Crippen molar-refractivity contribution in [3.8, 4) is 0 Å². The molecule has 1 radical (unpaired) electrons. The van der Waals surface area contributed by atoms with E-state index in [1.807, 2.05) is 0 Å². The molecule has 1 atom stereocenters. The number of hydrogen-bond acceptors (Lipinski definition) is 1. The molecule has 1 aliphatic heterocycles. The van der Waals surface area contributed by atoms with Crippen molar-refractivity contribution in [3.63, 3.8) is 0 Å². The van der Waals surface area contributed by atoms with Gasteiger partial charge in [0.25, 0.3) is 0 Å². The molecule has 1 heteroatoms. The van der Waals surface area contributed by atoms with Crippen LogP contribution < -0.4 is 0 Å². The van der Waals surface area contributed by atoms with Crippen molar-refractivity contribution >= 4 is 0 Å². The number of ether oxygens (including phenoxy) is 1. The molecule has 0 bridgehead atoms. The SMILES string of the molecule is CCCC1=[C]C2=C(CCC)C=CC2O1. The van der Waals surface area contributed by atoms with Crippen molar-refractivity contribution in [2.75, 3.05) is 0 Å². The van der Waals surface area contributed by atoms with Crippen LogP contribution in [0.4, 0.5) is 0 Å². The van der Waals surface area contributed by atoms with E-state index in [-0.39, 0.29) is 6.10 Å². The maximum absolute atomic E-state index is 5.76. The molecule has 0 N–H and O–H groups in total. The summed E-state index contributed by atoms with van der Waals surface area (Å²) in [5, 5.41) is 0. The molecule has 0 aromatic carbocycles. The number of fused-ring (bicyclic) bond motifs is 1. The van der Waals surface area contributed by atoms with Gasteiger partial charge in [0.2, 0.25) is 0 Å². The van der Waals surface area contributed by atoms with Crippen molar-refractivity contribution in [1.29, 1.82) is 0 Å². The minimum atomic E-state index is 0.193. The lowest BCUT2D eigenvalue weighted by atomic mass is 10.1. The van der Waals surface area contributed by atoms with Crippen LogP contribution >= 0.6 is 0 Å². The van der Waals surface area contributed by atoms with Gasteiger partial charge in [-0.05, 0) is 24.5 Å². The molecule has 2 aliphatic rings. The Morgan fingerprint density at radius 1 is 1.29 bits per heavy atom. The first kappa shape index (κ1) is 9.57. The van der Waals surface area contributed by atoms with Crippen molar-refractivity contribution < 1.29 is 4.74 Å². The minimum absolute atomic E-state index is 0.193. The third kappa shape index (κ3) is 1.63. The van der Waals surface area contributed by atoms with Crippen LogP contribution in [0.2, 0.25) is 0 Å². The molecule has 0 fully saturated rings. The van der Waals surface area contributed by atoms with Gasteiger partial charge >= 0.3 is 0 Å². The fourth-order valence-electron chi connectivity index (χ4n) is 1.99. The second-order valence-corrected chi connectivity index (χ2v) is 3.88. The Bertz CT molecular complexity index is 307. The van der Waals surface area contributed by atoms with Crippen LogP contribution in [0.25, 0.3) is 0 Å². The number of allylic oxidation sites excluding steroid dienone is 3. The number of rotatable bonds is 4. The second kappa shape index (κ2) is 4.04. The molecule has 0 aromatic heterocycles. The third-order valence-corrected chi connectivity index (χ3v) is 2.64. The predicted molar refractivity (Wildman–Crippen MR) is 57.6 cm³/mol. The zero-order valence-corrected chi connectivity index (χ0v) is 8.97. The van der Waals surface area contributed by atoms with Crippen molar-refractivity contribution in [2.45, 2.75) is 45.6 Å². The Balaban J connectivity index is 2.14. The Morgan fingerprint density at radius 3 is 2.79 bits per heavy atom. The molecule has 0 saturated carbocycles. The maximum atomic E-state index is 5.76. The van der Waals surface area contributed by atoms with Gasteiger partial charge in [-0.1, -0.05) is 26.3 Å². The van der Waals surface area contributed by atoms with E-state index in [0.29, 0.717) is 0 Å². The highest BCUT2D eigenvalue weighted by molar-refractivity contribution is 5.45. The highest BCUT2D eigenvalue weighted by Gasteiger charge is 2.26. The van der Waals surface area contributed by atoms with Gasteiger partial charge in [-0.2, -0.15) is 0 Å². The summed E-state index contributed by atoms with van der Waals surface area (Å²) in [6, 6.07) is 0. The monoisotopic (exact) mass is 189 g/mol. The summed E-state index contributed by atoms with van der Waals surface area (Å²) in [6.07, 6.45) is 12.4. The van der Waals surface area contributed by atoms with Gasteiger partial charge in [0.05, 0.1) is 0 Å². The van der Waals surface area contributed by atoms with Gasteiger partial charge in [-0.15, -0.1) is 0 Å². The second-order valence-electron chi connectivity index (χ2n) is 3.88. The van der Waals surface area contributed by atoms with Gasteiger partial charge in [0.15, 0.2) is 0 Å². The first-order chi connectivity index (χ1) is 6.85. The van der Waals surface area contributed by atoms with Crippen LogP contribution in [0.1, 0.15) is 39.5 Å². The summed E-state index contributed by atoms with van der Waals surface area (Å²) in [6.45, 7) is 4.38. The van der Waals surface area contributed by atoms with E-state index in [0.717, 1.165) is 25.0 Å². The van der Waals surface area contributed by atoms with Crippen LogP contribution in [0.3, 0.4) is 0 Å². The fourth-order valence-corrected chi connectivity index (χ4v) is 1.99. The summed E-state index contributed by atoms with van der Waals surface area (Å²) in [4.78, 5) is 0. The summed E-state index contributed by atoms with van der Waals surface area (Å²) < 4.78 is 5.76. The van der Waals surface area contributed by atoms with E-state index in [1.165, 1.54) is 17.6 Å². The Kier molecular flexibility index (Phi) is 2.76. The minimum Gasteiger partial charge on any atom is -0.485 e. The highest BCUT2D eigenvalue weighted by Crippen LogP contribution is 2.34. The number of hydrogen-bond donors (Lipinski definition) is 0. The molecule has 0 spiro atoms. The standard InChI is InChI=1S/C13H17O/c1-3-5-10-7-8-13-12(10)9-11(14-13)6-4-2/h7-8,13H,3-6H2,1-2H3. The van der Waals surface area contributed by atoms with Crippen LogP contribution in [0.5, 0.6) is 0 Å². The van der Waals surface area contributed by atoms with E-state index in [9.17, 15) is 0 Å². The maximum Gasteiger partial charge on any atom is 0.143 e. The zero-order chi connectivity index (χ0) is 9.97. The van der Waals surface area contributed by atoms with E-state index in [4.69, 9.17) is 4.74 Å². The molecule has 1 nitrogen and oxygen atoms in total. The first-order valence-corrected chi connectivity index (χ1v) is 5.56. The van der Waals surface area contributed by atoms with Crippen molar-refractivity contribution in [2.24, 2.45) is 0 Å². The molecule has 1 aliphatic carbocycles. The van der Waals surface area contributed by atoms with E-state index < -0.39 is 0 Å².